The van der Waals surface area contributed by atoms with Crippen molar-refractivity contribution in [2.24, 2.45) is 0 Å². The van der Waals surface area contributed by atoms with E-state index in [2.05, 4.69) is 51.2 Å². The summed E-state index contributed by atoms with van der Waals surface area (Å²) >= 11 is 0. The van der Waals surface area contributed by atoms with Crippen molar-refractivity contribution < 1.29 is 13.3 Å². The third kappa shape index (κ3) is 3.93. The molecule has 1 aliphatic heterocycles. The molecule has 2 aromatic heterocycles. The summed E-state index contributed by atoms with van der Waals surface area (Å²) < 4.78 is 35.6. The topological polar surface area (TPSA) is 108 Å². The SMILES string of the molecule is CC(C)(C)c1[nH]ncc1O[C@H]1CC[C@@H](c2cc(Nc3ccc4c(c3F)CNS4=O)n[nH]2)C1. The Bertz CT molecular complexity index is 1170. The fourth-order valence-corrected chi connectivity index (χ4v) is 5.42. The van der Waals surface area contributed by atoms with Gasteiger partial charge in [-0.05, 0) is 31.4 Å². The molecule has 3 aromatic rings. The maximum absolute atomic E-state index is 14.8. The first kappa shape index (κ1) is 21.1. The first-order valence-electron chi connectivity index (χ1n) is 10.8. The summed E-state index contributed by atoms with van der Waals surface area (Å²) in [7, 11) is -1.34. The number of aromatic nitrogens is 4. The highest BCUT2D eigenvalue weighted by Gasteiger charge is 2.31. The van der Waals surface area contributed by atoms with E-state index in [0.29, 0.717) is 27.9 Å². The molecule has 10 heteroatoms. The van der Waals surface area contributed by atoms with Gasteiger partial charge in [0.2, 0.25) is 0 Å². The Morgan fingerprint density at radius 3 is 2.91 bits per heavy atom. The first-order valence-corrected chi connectivity index (χ1v) is 11.9. The number of benzene rings is 1. The molecule has 3 atom stereocenters. The van der Waals surface area contributed by atoms with E-state index < -0.39 is 16.8 Å². The smallest absolute Gasteiger partial charge is 0.161 e. The Labute approximate surface area is 188 Å². The van der Waals surface area contributed by atoms with Gasteiger partial charge in [0.25, 0.3) is 0 Å². The molecule has 0 spiro atoms. The summed E-state index contributed by atoms with van der Waals surface area (Å²) in [5.41, 5.74) is 2.71. The number of hydrogen-bond acceptors (Lipinski definition) is 5. The number of aromatic amines is 2. The van der Waals surface area contributed by atoms with Gasteiger partial charge in [0.05, 0.1) is 28.6 Å². The highest BCUT2D eigenvalue weighted by molar-refractivity contribution is 7.83. The third-order valence-electron chi connectivity index (χ3n) is 6.11. The molecule has 32 heavy (non-hydrogen) atoms. The van der Waals surface area contributed by atoms with Gasteiger partial charge >= 0.3 is 0 Å². The molecule has 3 heterocycles. The Morgan fingerprint density at radius 2 is 2.09 bits per heavy atom. The number of ether oxygens (including phenoxy) is 1. The minimum absolute atomic E-state index is 0.0638. The summed E-state index contributed by atoms with van der Waals surface area (Å²) in [6.45, 7) is 6.64. The van der Waals surface area contributed by atoms with Gasteiger partial charge in [0.15, 0.2) is 17.4 Å². The second-order valence-electron chi connectivity index (χ2n) is 9.44. The van der Waals surface area contributed by atoms with Crippen LogP contribution in [0, 0.1) is 5.82 Å². The largest absolute Gasteiger partial charge is 0.487 e. The van der Waals surface area contributed by atoms with Crippen LogP contribution in [0.3, 0.4) is 0 Å². The minimum Gasteiger partial charge on any atom is -0.487 e. The Balaban J connectivity index is 1.25. The average molecular weight is 459 g/mol. The van der Waals surface area contributed by atoms with E-state index in [1.54, 1.807) is 18.3 Å². The molecule has 1 unspecified atom stereocenters. The molecule has 4 N–H and O–H groups in total. The number of fused-ring (bicyclic) bond motifs is 1. The monoisotopic (exact) mass is 458 g/mol. The molecule has 1 aliphatic carbocycles. The number of halogens is 1. The summed E-state index contributed by atoms with van der Waals surface area (Å²) in [5.74, 6) is 1.27. The zero-order valence-electron chi connectivity index (χ0n) is 18.3. The van der Waals surface area contributed by atoms with Crippen LogP contribution >= 0.6 is 0 Å². The minimum atomic E-state index is -1.34. The Kier molecular flexibility index (Phi) is 5.29. The van der Waals surface area contributed by atoms with Crippen LogP contribution in [0.25, 0.3) is 0 Å². The van der Waals surface area contributed by atoms with Gasteiger partial charge in [0, 0.05) is 35.2 Å². The standard InChI is InChI=1S/C22H27FN6O2S/c1-22(2,3)21-17(11-24-29-21)31-13-5-4-12(8-13)16-9-19(28-27-16)26-15-6-7-18-14(20(15)23)10-25-32(18)30/h6-7,9,11-13,25H,4-5,8,10H2,1-3H3,(H,24,29)(H2,26,27,28)/t12-,13+,32?/m1/s1. The Hall–Kier alpha value is -2.72. The van der Waals surface area contributed by atoms with Crippen molar-refractivity contribution in [3.8, 4) is 5.75 Å². The molecule has 0 radical (unpaired) electrons. The van der Waals surface area contributed by atoms with E-state index in [-0.39, 0.29) is 18.1 Å². The van der Waals surface area contributed by atoms with Crippen molar-refractivity contribution in [3.63, 3.8) is 0 Å². The van der Waals surface area contributed by atoms with E-state index in [0.717, 1.165) is 36.4 Å². The maximum Gasteiger partial charge on any atom is 0.161 e. The van der Waals surface area contributed by atoms with Crippen molar-refractivity contribution in [3.05, 3.63) is 47.2 Å². The number of hydrogen-bond donors (Lipinski definition) is 4. The summed E-state index contributed by atoms with van der Waals surface area (Å²) in [6.07, 6.45) is 4.68. The van der Waals surface area contributed by atoms with Crippen LogP contribution < -0.4 is 14.8 Å². The van der Waals surface area contributed by atoms with Gasteiger partial charge in [-0.2, -0.15) is 10.2 Å². The Morgan fingerprint density at radius 1 is 1.25 bits per heavy atom. The highest BCUT2D eigenvalue weighted by atomic mass is 32.2. The molecule has 170 valence electrons. The van der Waals surface area contributed by atoms with E-state index in [1.165, 1.54) is 0 Å². The molecule has 8 nitrogen and oxygen atoms in total. The van der Waals surface area contributed by atoms with Gasteiger partial charge in [-0.15, -0.1) is 0 Å². The quantitative estimate of drug-likeness (QED) is 0.459. The zero-order chi connectivity index (χ0) is 22.5. The van der Waals surface area contributed by atoms with E-state index in [9.17, 15) is 8.60 Å². The van der Waals surface area contributed by atoms with Crippen molar-refractivity contribution >= 4 is 22.5 Å². The van der Waals surface area contributed by atoms with E-state index >= 15 is 0 Å². The number of nitrogens with one attached hydrogen (secondary N) is 4. The molecule has 0 amide bonds. The predicted molar refractivity (Wildman–Crippen MR) is 120 cm³/mol. The summed E-state index contributed by atoms with van der Waals surface area (Å²) in [6, 6.07) is 5.21. The highest BCUT2D eigenvalue weighted by Crippen LogP contribution is 2.38. The molecular weight excluding hydrogens is 431 g/mol. The van der Waals surface area contributed by atoms with Crippen LogP contribution in [0.4, 0.5) is 15.9 Å². The fraction of sp³-hybridized carbons (Fsp3) is 0.455. The van der Waals surface area contributed by atoms with Crippen LogP contribution in [0.2, 0.25) is 0 Å². The molecule has 0 saturated heterocycles. The van der Waals surface area contributed by atoms with Crippen LogP contribution in [0.15, 0.2) is 29.3 Å². The van der Waals surface area contributed by atoms with Gasteiger partial charge in [-0.1, -0.05) is 20.8 Å². The number of rotatable bonds is 5. The third-order valence-corrected chi connectivity index (χ3v) is 7.30. The summed E-state index contributed by atoms with van der Waals surface area (Å²) in [4.78, 5) is 0.500. The number of nitrogens with zero attached hydrogens (tertiary/aromatic N) is 2. The normalized spacial score (nSPS) is 22.8. The molecule has 1 fully saturated rings. The van der Waals surface area contributed by atoms with Crippen LogP contribution in [-0.4, -0.2) is 30.7 Å². The first-order chi connectivity index (χ1) is 15.3. The lowest BCUT2D eigenvalue weighted by atomic mass is 9.92. The van der Waals surface area contributed by atoms with Crippen molar-refractivity contribution in [1.29, 1.82) is 0 Å². The molecule has 1 aromatic carbocycles. The molecule has 5 rings (SSSR count). The molecule has 2 aliphatic rings. The van der Waals surface area contributed by atoms with Gasteiger partial charge in [-0.3, -0.25) is 10.2 Å². The van der Waals surface area contributed by atoms with Crippen LogP contribution in [0.1, 0.15) is 62.9 Å². The fourth-order valence-electron chi connectivity index (χ4n) is 4.41. The summed E-state index contributed by atoms with van der Waals surface area (Å²) in [5, 5.41) is 17.7. The van der Waals surface area contributed by atoms with Crippen molar-refractivity contribution in [1.82, 2.24) is 25.1 Å². The van der Waals surface area contributed by atoms with E-state index in [1.807, 2.05) is 6.07 Å². The maximum atomic E-state index is 14.8. The number of anilines is 2. The zero-order valence-corrected chi connectivity index (χ0v) is 19.1. The second-order valence-corrected chi connectivity index (χ2v) is 10.7. The number of H-pyrrole nitrogens is 2. The van der Waals surface area contributed by atoms with Gasteiger partial charge in [-0.25, -0.2) is 13.3 Å². The molecular formula is C22H27FN6O2S. The van der Waals surface area contributed by atoms with Gasteiger partial charge in [0.1, 0.15) is 11.0 Å². The van der Waals surface area contributed by atoms with Gasteiger partial charge < -0.3 is 10.1 Å². The lowest BCUT2D eigenvalue weighted by Crippen LogP contribution is -2.17. The molecule has 0 bridgehead atoms. The predicted octanol–water partition coefficient (Wildman–Crippen LogP) is 4.15. The van der Waals surface area contributed by atoms with Crippen molar-refractivity contribution in [2.75, 3.05) is 5.32 Å². The van der Waals surface area contributed by atoms with Crippen LogP contribution in [-0.2, 0) is 22.9 Å². The van der Waals surface area contributed by atoms with E-state index in [4.69, 9.17) is 4.74 Å². The second kappa shape index (κ2) is 8.00. The lowest BCUT2D eigenvalue weighted by Gasteiger charge is -2.20. The van der Waals surface area contributed by atoms with Crippen molar-refractivity contribution in [2.45, 2.75) is 68.9 Å². The van der Waals surface area contributed by atoms with Crippen LogP contribution in [0.5, 0.6) is 5.75 Å². The lowest BCUT2D eigenvalue weighted by molar-refractivity contribution is 0.203. The molecule has 1 saturated carbocycles. The average Bonchev–Trinajstić information content (AvgIpc) is 3.52.